The molecule has 1 aliphatic rings. The SMILES string of the molecule is COc1ccc(NC(=O)[C@@H]2CC(=O)Nc3cc(-c4cccc(OC)c4)nn32)cc1. The van der Waals surface area contributed by atoms with Gasteiger partial charge in [-0.15, -0.1) is 0 Å². The summed E-state index contributed by atoms with van der Waals surface area (Å²) in [6.45, 7) is 0. The second-order valence-electron chi connectivity index (χ2n) is 6.58. The molecule has 1 atom stereocenters. The van der Waals surface area contributed by atoms with E-state index in [1.807, 2.05) is 24.3 Å². The highest BCUT2D eigenvalue weighted by Crippen LogP contribution is 2.31. The normalized spacial score (nSPS) is 15.2. The number of methoxy groups -OCH3 is 2. The number of benzene rings is 2. The van der Waals surface area contributed by atoms with Crippen LogP contribution in [0.4, 0.5) is 11.5 Å². The van der Waals surface area contributed by atoms with Crippen LogP contribution in [-0.4, -0.2) is 35.8 Å². The Morgan fingerprint density at radius 1 is 1.10 bits per heavy atom. The van der Waals surface area contributed by atoms with Crippen molar-refractivity contribution in [1.82, 2.24) is 9.78 Å². The quantitative estimate of drug-likeness (QED) is 0.696. The van der Waals surface area contributed by atoms with Crippen LogP contribution in [0.25, 0.3) is 11.3 Å². The van der Waals surface area contributed by atoms with E-state index in [9.17, 15) is 9.59 Å². The van der Waals surface area contributed by atoms with E-state index < -0.39 is 6.04 Å². The molecule has 0 aliphatic carbocycles. The first kappa shape index (κ1) is 18.5. The molecule has 2 N–H and O–H groups in total. The van der Waals surface area contributed by atoms with Crippen LogP contribution in [0.2, 0.25) is 0 Å². The number of ether oxygens (including phenoxy) is 2. The van der Waals surface area contributed by atoms with Gasteiger partial charge in [-0.2, -0.15) is 5.10 Å². The van der Waals surface area contributed by atoms with Crippen molar-refractivity contribution in [2.75, 3.05) is 24.9 Å². The zero-order chi connectivity index (χ0) is 20.4. The van der Waals surface area contributed by atoms with Crippen molar-refractivity contribution in [2.24, 2.45) is 0 Å². The topological polar surface area (TPSA) is 94.5 Å². The minimum absolute atomic E-state index is 0.00815. The number of hydrogen-bond donors (Lipinski definition) is 2. The van der Waals surface area contributed by atoms with Crippen LogP contribution >= 0.6 is 0 Å². The molecule has 8 nitrogen and oxygen atoms in total. The summed E-state index contributed by atoms with van der Waals surface area (Å²) < 4.78 is 11.9. The lowest BCUT2D eigenvalue weighted by Crippen LogP contribution is -2.35. The molecule has 0 spiro atoms. The molecule has 0 saturated carbocycles. The van der Waals surface area contributed by atoms with Gasteiger partial charge < -0.3 is 20.1 Å². The maximum absolute atomic E-state index is 12.9. The van der Waals surface area contributed by atoms with E-state index in [1.165, 1.54) is 0 Å². The molecule has 1 aliphatic heterocycles. The third kappa shape index (κ3) is 3.77. The van der Waals surface area contributed by atoms with E-state index in [4.69, 9.17) is 9.47 Å². The Kier molecular flexibility index (Phi) is 4.90. The molecule has 0 bridgehead atoms. The number of fused-ring (bicyclic) bond motifs is 1. The van der Waals surface area contributed by atoms with Crippen LogP contribution < -0.4 is 20.1 Å². The number of rotatable bonds is 5. The van der Waals surface area contributed by atoms with E-state index >= 15 is 0 Å². The molecule has 29 heavy (non-hydrogen) atoms. The monoisotopic (exact) mass is 392 g/mol. The minimum atomic E-state index is -0.750. The zero-order valence-corrected chi connectivity index (χ0v) is 16.0. The third-order valence-electron chi connectivity index (χ3n) is 4.70. The van der Waals surface area contributed by atoms with Crippen LogP contribution in [0.3, 0.4) is 0 Å². The second kappa shape index (κ2) is 7.67. The van der Waals surface area contributed by atoms with Gasteiger partial charge in [-0.1, -0.05) is 12.1 Å². The van der Waals surface area contributed by atoms with Gasteiger partial charge in [0.15, 0.2) is 0 Å². The number of hydrogen-bond acceptors (Lipinski definition) is 5. The number of aromatic nitrogens is 2. The molecular weight excluding hydrogens is 372 g/mol. The third-order valence-corrected chi connectivity index (χ3v) is 4.70. The number of carbonyl (C=O) groups excluding carboxylic acids is 2. The van der Waals surface area contributed by atoms with Crippen LogP contribution in [0.1, 0.15) is 12.5 Å². The van der Waals surface area contributed by atoms with E-state index in [-0.39, 0.29) is 18.2 Å². The summed E-state index contributed by atoms with van der Waals surface area (Å²) in [5.41, 5.74) is 2.08. The van der Waals surface area contributed by atoms with Crippen molar-refractivity contribution in [3.63, 3.8) is 0 Å². The summed E-state index contributed by atoms with van der Waals surface area (Å²) in [7, 11) is 3.17. The lowest BCUT2D eigenvalue weighted by molar-refractivity contribution is -0.125. The first-order valence-corrected chi connectivity index (χ1v) is 9.06. The fraction of sp³-hybridized carbons (Fsp3) is 0.190. The maximum Gasteiger partial charge on any atom is 0.249 e. The first-order valence-electron chi connectivity index (χ1n) is 9.06. The van der Waals surface area contributed by atoms with Gasteiger partial charge in [-0.05, 0) is 36.4 Å². The number of carbonyl (C=O) groups is 2. The highest BCUT2D eigenvalue weighted by atomic mass is 16.5. The van der Waals surface area contributed by atoms with Crippen LogP contribution in [0.5, 0.6) is 11.5 Å². The van der Waals surface area contributed by atoms with Gasteiger partial charge >= 0.3 is 0 Å². The standard InChI is InChI=1S/C21H20N4O4/c1-28-15-8-6-14(7-9-15)22-21(27)18-12-20(26)23-19-11-17(24-25(18)19)13-4-3-5-16(10-13)29-2/h3-11,18H,12H2,1-2H3,(H,22,27)(H,23,26)/t18-/m0/s1. The Bertz CT molecular complexity index is 1060. The fourth-order valence-corrected chi connectivity index (χ4v) is 3.21. The Hall–Kier alpha value is -3.81. The van der Waals surface area contributed by atoms with Gasteiger partial charge in [0.2, 0.25) is 11.8 Å². The summed E-state index contributed by atoms with van der Waals surface area (Å²) in [6.07, 6.45) is 0.00815. The van der Waals surface area contributed by atoms with Gasteiger partial charge in [0.25, 0.3) is 0 Å². The largest absolute Gasteiger partial charge is 0.497 e. The Morgan fingerprint density at radius 3 is 2.59 bits per heavy atom. The predicted octanol–water partition coefficient (Wildman–Crippen LogP) is 3.09. The van der Waals surface area contributed by atoms with Gasteiger partial charge in [0.05, 0.1) is 26.3 Å². The summed E-state index contributed by atoms with van der Waals surface area (Å²) in [4.78, 5) is 25.0. The molecule has 0 unspecified atom stereocenters. The number of nitrogens with one attached hydrogen (secondary N) is 2. The van der Waals surface area contributed by atoms with Crippen molar-refractivity contribution in [3.05, 3.63) is 54.6 Å². The number of amides is 2. The summed E-state index contributed by atoms with van der Waals surface area (Å²) in [5, 5.41) is 10.2. The molecule has 8 heteroatoms. The van der Waals surface area contributed by atoms with Gasteiger partial charge in [-0.3, -0.25) is 9.59 Å². The summed E-state index contributed by atoms with van der Waals surface area (Å²) >= 11 is 0. The van der Waals surface area contributed by atoms with Crippen molar-refractivity contribution in [1.29, 1.82) is 0 Å². The summed E-state index contributed by atoms with van der Waals surface area (Å²) in [5.74, 6) is 1.33. The molecular formula is C21H20N4O4. The Morgan fingerprint density at radius 2 is 1.86 bits per heavy atom. The smallest absolute Gasteiger partial charge is 0.249 e. The fourth-order valence-electron chi connectivity index (χ4n) is 3.21. The molecule has 2 heterocycles. The highest BCUT2D eigenvalue weighted by molar-refractivity contribution is 6.01. The zero-order valence-electron chi connectivity index (χ0n) is 16.0. The number of nitrogens with zero attached hydrogens (tertiary/aromatic N) is 2. The van der Waals surface area contributed by atoms with E-state index in [2.05, 4.69) is 15.7 Å². The lowest BCUT2D eigenvalue weighted by atomic mass is 10.1. The molecule has 0 saturated heterocycles. The van der Waals surface area contributed by atoms with E-state index in [0.717, 1.165) is 5.56 Å². The average molecular weight is 392 g/mol. The van der Waals surface area contributed by atoms with Crippen molar-refractivity contribution in [2.45, 2.75) is 12.5 Å². The minimum Gasteiger partial charge on any atom is -0.497 e. The van der Waals surface area contributed by atoms with Crippen molar-refractivity contribution >= 4 is 23.3 Å². The molecule has 0 radical (unpaired) electrons. The van der Waals surface area contributed by atoms with Crippen molar-refractivity contribution in [3.8, 4) is 22.8 Å². The lowest BCUT2D eigenvalue weighted by Gasteiger charge is -2.23. The Labute approximate surface area is 167 Å². The predicted molar refractivity (Wildman–Crippen MR) is 108 cm³/mol. The van der Waals surface area contributed by atoms with Crippen LogP contribution in [0, 0.1) is 0 Å². The molecule has 0 fully saturated rings. The van der Waals surface area contributed by atoms with E-state index in [1.54, 1.807) is 49.2 Å². The molecule has 1 aromatic heterocycles. The highest BCUT2D eigenvalue weighted by Gasteiger charge is 2.32. The van der Waals surface area contributed by atoms with Gasteiger partial charge in [0.1, 0.15) is 23.4 Å². The van der Waals surface area contributed by atoms with Crippen LogP contribution in [0.15, 0.2) is 54.6 Å². The number of anilines is 2. The second-order valence-corrected chi connectivity index (χ2v) is 6.58. The molecule has 2 aromatic carbocycles. The Balaban J connectivity index is 1.61. The van der Waals surface area contributed by atoms with Gasteiger partial charge in [-0.25, -0.2) is 4.68 Å². The first-order chi connectivity index (χ1) is 14.1. The summed E-state index contributed by atoms with van der Waals surface area (Å²) in [6, 6.07) is 15.4. The molecule has 4 rings (SSSR count). The maximum atomic E-state index is 12.9. The molecule has 2 amide bonds. The molecule has 148 valence electrons. The molecule has 3 aromatic rings. The van der Waals surface area contributed by atoms with E-state index in [0.29, 0.717) is 28.7 Å². The van der Waals surface area contributed by atoms with Crippen molar-refractivity contribution < 1.29 is 19.1 Å². The van der Waals surface area contributed by atoms with Gasteiger partial charge in [0, 0.05) is 17.3 Å². The average Bonchev–Trinajstić information content (AvgIpc) is 3.17. The van der Waals surface area contributed by atoms with Crippen LogP contribution in [-0.2, 0) is 9.59 Å².